The number of carbonyl (C=O) groups excluding carboxylic acids is 1. The topological polar surface area (TPSA) is 73.6 Å². The highest BCUT2D eigenvalue weighted by molar-refractivity contribution is 5.85. The van der Waals surface area contributed by atoms with E-state index in [0.717, 1.165) is 17.7 Å². The second kappa shape index (κ2) is 12.2. The monoisotopic (exact) mass is 344 g/mol. The van der Waals surface area contributed by atoms with Gasteiger partial charge in [0.25, 0.3) is 0 Å². The highest BCUT2D eigenvalue weighted by atomic mass is 35.5. The maximum Gasteiger partial charge on any atom is 0.236 e. The third-order valence-corrected chi connectivity index (χ3v) is 3.25. The highest BCUT2D eigenvalue weighted by Crippen LogP contribution is 2.11. The van der Waals surface area contributed by atoms with Gasteiger partial charge in [-0.15, -0.1) is 12.4 Å². The van der Waals surface area contributed by atoms with Gasteiger partial charge in [0, 0.05) is 13.2 Å². The van der Waals surface area contributed by atoms with Gasteiger partial charge in [-0.2, -0.15) is 0 Å². The first kappa shape index (κ1) is 21.7. The molecule has 5 nitrogen and oxygen atoms in total. The lowest BCUT2D eigenvalue weighted by molar-refractivity contribution is -0.122. The fraction of sp³-hybridized carbons (Fsp3) is 0.588. The molecule has 1 aromatic rings. The number of benzene rings is 1. The summed E-state index contributed by atoms with van der Waals surface area (Å²) < 4.78 is 10.7. The number of rotatable bonds is 10. The van der Waals surface area contributed by atoms with Gasteiger partial charge < -0.3 is 20.5 Å². The number of carbonyl (C=O) groups is 1. The van der Waals surface area contributed by atoms with Crippen LogP contribution in [0.2, 0.25) is 0 Å². The fourth-order valence-electron chi connectivity index (χ4n) is 2.04. The van der Waals surface area contributed by atoms with Crippen LogP contribution in [0.15, 0.2) is 24.3 Å². The van der Waals surface area contributed by atoms with Crippen molar-refractivity contribution in [3.05, 3.63) is 29.8 Å². The molecule has 23 heavy (non-hydrogen) atoms. The number of halogens is 1. The van der Waals surface area contributed by atoms with E-state index in [4.69, 9.17) is 15.2 Å². The Morgan fingerprint density at radius 1 is 1.26 bits per heavy atom. The summed E-state index contributed by atoms with van der Waals surface area (Å²) in [6, 6.07) is 7.36. The van der Waals surface area contributed by atoms with Gasteiger partial charge in [0.05, 0.1) is 19.8 Å². The highest BCUT2D eigenvalue weighted by Gasteiger charge is 2.13. The van der Waals surface area contributed by atoms with Crippen molar-refractivity contribution in [3.8, 4) is 5.75 Å². The molecule has 0 bridgehead atoms. The Balaban J connectivity index is 0.00000484. The van der Waals surface area contributed by atoms with Gasteiger partial charge in [-0.05, 0) is 36.5 Å². The van der Waals surface area contributed by atoms with E-state index < -0.39 is 6.04 Å². The summed E-state index contributed by atoms with van der Waals surface area (Å²) in [5.41, 5.74) is 6.91. The number of amides is 1. The number of nitrogens with one attached hydrogen (secondary N) is 1. The van der Waals surface area contributed by atoms with Gasteiger partial charge in [-0.3, -0.25) is 4.79 Å². The van der Waals surface area contributed by atoms with E-state index in [1.807, 2.05) is 24.3 Å². The molecule has 1 rings (SSSR count). The first-order chi connectivity index (χ1) is 10.5. The lowest BCUT2D eigenvalue weighted by atomic mass is 10.0. The second-order valence-corrected chi connectivity index (χ2v) is 5.78. The van der Waals surface area contributed by atoms with Gasteiger partial charge in [-0.25, -0.2) is 0 Å². The van der Waals surface area contributed by atoms with Crippen molar-refractivity contribution in [3.63, 3.8) is 0 Å². The normalized spacial score (nSPS) is 11.7. The molecule has 0 unspecified atom stereocenters. The van der Waals surface area contributed by atoms with E-state index in [9.17, 15) is 4.79 Å². The van der Waals surface area contributed by atoms with Crippen LogP contribution in [0, 0.1) is 5.92 Å². The number of methoxy groups -OCH3 is 1. The first-order valence-electron chi connectivity index (χ1n) is 7.77. The van der Waals surface area contributed by atoms with Crippen LogP contribution >= 0.6 is 12.4 Å². The molecule has 0 saturated carbocycles. The van der Waals surface area contributed by atoms with E-state index >= 15 is 0 Å². The molecule has 3 N–H and O–H groups in total. The fourth-order valence-corrected chi connectivity index (χ4v) is 2.04. The van der Waals surface area contributed by atoms with E-state index in [-0.39, 0.29) is 18.3 Å². The summed E-state index contributed by atoms with van der Waals surface area (Å²) in [6.07, 6.45) is 1.48. The lowest BCUT2D eigenvalue weighted by Crippen LogP contribution is -2.41. The smallest absolute Gasteiger partial charge is 0.236 e. The van der Waals surface area contributed by atoms with Crippen LogP contribution in [0.25, 0.3) is 0 Å². The average Bonchev–Trinajstić information content (AvgIpc) is 2.50. The molecule has 6 heteroatoms. The van der Waals surface area contributed by atoms with Crippen molar-refractivity contribution in [2.75, 3.05) is 20.3 Å². The number of hydrogen-bond donors (Lipinski definition) is 2. The zero-order chi connectivity index (χ0) is 16.4. The number of ether oxygens (including phenoxy) is 2. The van der Waals surface area contributed by atoms with Gasteiger partial charge in [0.2, 0.25) is 5.91 Å². The molecule has 0 spiro atoms. The van der Waals surface area contributed by atoms with Crippen molar-refractivity contribution >= 4 is 18.3 Å². The molecular weight excluding hydrogens is 316 g/mol. The maximum absolute atomic E-state index is 11.7. The zero-order valence-corrected chi connectivity index (χ0v) is 15.0. The minimum Gasteiger partial charge on any atom is -0.497 e. The molecule has 0 saturated heterocycles. The summed E-state index contributed by atoms with van der Waals surface area (Å²) in [4.78, 5) is 11.7. The Kier molecular flexibility index (Phi) is 11.5. The molecule has 0 aliphatic heterocycles. The molecule has 0 radical (unpaired) electrons. The molecule has 1 aromatic carbocycles. The molecule has 1 atom stereocenters. The third kappa shape index (κ3) is 9.43. The molecule has 0 aliphatic rings. The Bertz CT molecular complexity index is 438. The molecule has 0 aliphatic carbocycles. The van der Waals surface area contributed by atoms with Crippen molar-refractivity contribution in [1.82, 2.24) is 5.32 Å². The van der Waals surface area contributed by atoms with Crippen LogP contribution in [0.4, 0.5) is 0 Å². The first-order valence-corrected chi connectivity index (χ1v) is 7.77. The van der Waals surface area contributed by atoms with Crippen LogP contribution in [0.5, 0.6) is 5.75 Å². The molecule has 0 aromatic heterocycles. The number of hydrogen-bond acceptors (Lipinski definition) is 4. The standard InChI is InChI=1S/C17H28N2O3.ClH/c1-13(2)11-16(18)17(20)19-9-4-10-22-12-14-5-7-15(21-3)8-6-14;/h5-8,13,16H,4,9-12,18H2,1-3H3,(H,19,20);1H/t16-;/m0./s1. The summed E-state index contributed by atoms with van der Waals surface area (Å²) >= 11 is 0. The number of nitrogens with two attached hydrogens (primary N) is 1. The Labute approximate surface area is 145 Å². The predicted molar refractivity (Wildman–Crippen MR) is 95.0 cm³/mol. The van der Waals surface area contributed by atoms with Gasteiger partial charge >= 0.3 is 0 Å². The molecular formula is C17H29ClN2O3. The van der Waals surface area contributed by atoms with Crippen LogP contribution in [0.1, 0.15) is 32.3 Å². The summed E-state index contributed by atoms with van der Waals surface area (Å²) in [5.74, 6) is 1.18. The SMILES string of the molecule is COc1ccc(COCCCNC(=O)[C@@H](N)CC(C)C)cc1.Cl. The van der Waals surface area contributed by atoms with Crippen molar-refractivity contribution < 1.29 is 14.3 Å². The zero-order valence-electron chi connectivity index (χ0n) is 14.2. The van der Waals surface area contributed by atoms with Crippen LogP contribution in [0.3, 0.4) is 0 Å². The van der Waals surface area contributed by atoms with E-state index in [2.05, 4.69) is 19.2 Å². The minimum atomic E-state index is -0.416. The van der Waals surface area contributed by atoms with E-state index in [1.54, 1.807) is 7.11 Å². The van der Waals surface area contributed by atoms with Crippen molar-refractivity contribution in [2.24, 2.45) is 11.7 Å². The largest absolute Gasteiger partial charge is 0.497 e. The molecule has 0 heterocycles. The Hall–Kier alpha value is -1.30. The lowest BCUT2D eigenvalue weighted by Gasteiger charge is -2.14. The summed E-state index contributed by atoms with van der Waals surface area (Å²) in [5, 5.41) is 2.84. The summed E-state index contributed by atoms with van der Waals surface area (Å²) in [6.45, 7) is 5.87. The van der Waals surface area contributed by atoms with Gasteiger partial charge in [0.1, 0.15) is 5.75 Å². The van der Waals surface area contributed by atoms with Crippen LogP contribution < -0.4 is 15.8 Å². The van der Waals surface area contributed by atoms with Crippen LogP contribution in [-0.2, 0) is 16.1 Å². The minimum absolute atomic E-state index is 0. The van der Waals surface area contributed by atoms with Crippen molar-refractivity contribution in [1.29, 1.82) is 0 Å². The van der Waals surface area contributed by atoms with Crippen LogP contribution in [-0.4, -0.2) is 32.2 Å². The Morgan fingerprint density at radius 2 is 1.91 bits per heavy atom. The van der Waals surface area contributed by atoms with Crippen molar-refractivity contribution in [2.45, 2.75) is 39.3 Å². The second-order valence-electron chi connectivity index (χ2n) is 5.78. The van der Waals surface area contributed by atoms with E-state index in [1.165, 1.54) is 0 Å². The molecule has 1 amide bonds. The summed E-state index contributed by atoms with van der Waals surface area (Å²) in [7, 11) is 1.65. The van der Waals surface area contributed by atoms with E-state index in [0.29, 0.717) is 32.1 Å². The quantitative estimate of drug-likeness (QED) is 0.640. The predicted octanol–water partition coefficient (Wildman–Crippen LogP) is 2.51. The molecule has 132 valence electrons. The maximum atomic E-state index is 11.7. The van der Waals surface area contributed by atoms with Gasteiger partial charge in [0.15, 0.2) is 0 Å². The Morgan fingerprint density at radius 3 is 2.48 bits per heavy atom. The third-order valence-electron chi connectivity index (χ3n) is 3.25. The average molecular weight is 345 g/mol. The van der Waals surface area contributed by atoms with Gasteiger partial charge in [-0.1, -0.05) is 26.0 Å². The molecule has 0 fully saturated rings.